The van der Waals surface area contributed by atoms with Gasteiger partial charge in [0, 0.05) is 69.1 Å². The van der Waals surface area contributed by atoms with Crippen LogP contribution in [0.2, 0.25) is 0 Å². The summed E-state index contributed by atoms with van der Waals surface area (Å²) in [6.07, 6.45) is 11.9. The maximum atomic E-state index is 12.8. The lowest BCUT2D eigenvalue weighted by molar-refractivity contribution is -0.117. The van der Waals surface area contributed by atoms with Gasteiger partial charge >= 0.3 is 0 Å². The number of amides is 4. The van der Waals surface area contributed by atoms with Gasteiger partial charge in [0.25, 0.3) is 5.91 Å². The molecule has 272 valence electrons. The van der Waals surface area contributed by atoms with Gasteiger partial charge in [-0.2, -0.15) is 0 Å². The highest BCUT2D eigenvalue weighted by atomic mass is 16.2. The topological polar surface area (TPSA) is 149 Å². The highest BCUT2D eigenvalue weighted by Gasteiger charge is 2.10. The van der Waals surface area contributed by atoms with Crippen LogP contribution in [0.1, 0.15) is 48.0 Å². The Morgan fingerprint density at radius 3 is 2.19 bits per heavy atom. The largest absolute Gasteiger partial charge is 0.353 e. The van der Waals surface area contributed by atoms with Gasteiger partial charge in [-0.25, -0.2) is 4.98 Å². The lowest BCUT2D eigenvalue weighted by Gasteiger charge is -2.11. The number of rotatable bonds is 18. The standard InChI is InChI=1S/C40H48N8O4/c1-47(2)23-9-13-37(49)42-22-7-5-6-12-38(50)45-33-11-8-10-29(24-33)14-21-39(51)46-35-25-34(27-41-28-35)44-36-20-19-32(26-43-36)30-15-17-31(18-16-30)40(52)48(3)4/h8-11,13,15-20,24-28H,5-7,12,14,21-23H2,1-4H3,(H,42,49)(H,43,44)(H,45,50)(H,46,51). The summed E-state index contributed by atoms with van der Waals surface area (Å²) in [6.45, 7) is 1.29. The minimum absolute atomic E-state index is 0.0484. The van der Waals surface area contributed by atoms with E-state index in [0.29, 0.717) is 54.4 Å². The van der Waals surface area contributed by atoms with Crippen LogP contribution < -0.4 is 21.3 Å². The zero-order valence-electron chi connectivity index (χ0n) is 30.3. The van der Waals surface area contributed by atoms with Crippen LogP contribution in [0.25, 0.3) is 11.1 Å². The molecule has 12 nitrogen and oxygen atoms in total. The molecule has 0 unspecified atom stereocenters. The van der Waals surface area contributed by atoms with Crippen molar-refractivity contribution in [2.45, 2.75) is 38.5 Å². The first-order valence-electron chi connectivity index (χ1n) is 17.3. The van der Waals surface area contributed by atoms with Crippen molar-refractivity contribution < 1.29 is 19.2 Å². The van der Waals surface area contributed by atoms with Crippen molar-refractivity contribution in [2.24, 2.45) is 0 Å². The fourth-order valence-corrected chi connectivity index (χ4v) is 5.16. The SMILES string of the molecule is CN(C)CC=CC(=O)NCCCCCC(=O)Nc1cccc(CCC(=O)Nc2cncc(Nc3ccc(-c4ccc(C(=O)N(C)C)cc4)cn3)c2)c1. The number of carbonyl (C=O) groups is 4. The molecule has 0 atom stereocenters. The Morgan fingerprint density at radius 2 is 1.46 bits per heavy atom. The fourth-order valence-electron chi connectivity index (χ4n) is 5.16. The predicted octanol–water partition coefficient (Wildman–Crippen LogP) is 5.89. The van der Waals surface area contributed by atoms with Crippen molar-refractivity contribution >= 4 is 46.5 Å². The summed E-state index contributed by atoms with van der Waals surface area (Å²) in [5.74, 6) is 0.239. The van der Waals surface area contributed by atoms with E-state index < -0.39 is 0 Å². The number of carbonyl (C=O) groups excluding carboxylic acids is 4. The minimum atomic E-state index is -0.157. The van der Waals surface area contributed by atoms with Gasteiger partial charge < -0.3 is 31.1 Å². The second-order valence-corrected chi connectivity index (χ2v) is 12.9. The van der Waals surface area contributed by atoms with E-state index in [2.05, 4.69) is 31.2 Å². The zero-order valence-corrected chi connectivity index (χ0v) is 30.3. The number of aryl methyl sites for hydroxylation is 1. The van der Waals surface area contributed by atoms with Gasteiger partial charge in [-0.15, -0.1) is 0 Å². The number of nitrogens with zero attached hydrogens (tertiary/aromatic N) is 4. The number of anilines is 4. The molecule has 2 heterocycles. The number of hydrogen-bond acceptors (Lipinski definition) is 8. The fraction of sp³-hybridized carbons (Fsp3) is 0.300. The molecule has 4 N–H and O–H groups in total. The first-order chi connectivity index (χ1) is 25.0. The van der Waals surface area contributed by atoms with E-state index in [1.54, 1.807) is 61.9 Å². The number of nitrogens with one attached hydrogen (secondary N) is 4. The Morgan fingerprint density at radius 1 is 0.731 bits per heavy atom. The van der Waals surface area contributed by atoms with Crippen LogP contribution in [0.15, 0.2) is 97.5 Å². The Balaban J connectivity index is 1.17. The van der Waals surface area contributed by atoms with Crippen LogP contribution >= 0.6 is 0 Å². The summed E-state index contributed by atoms with van der Waals surface area (Å²) in [7, 11) is 7.33. The van der Waals surface area contributed by atoms with Gasteiger partial charge in [0.05, 0.1) is 23.8 Å². The maximum absolute atomic E-state index is 12.8. The second-order valence-electron chi connectivity index (χ2n) is 12.9. The number of unbranched alkanes of at least 4 members (excludes halogenated alkanes) is 2. The van der Waals surface area contributed by atoms with Crippen molar-refractivity contribution in [3.05, 3.63) is 109 Å². The lowest BCUT2D eigenvalue weighted by atomic mass is 10.1. The van der Waals surface area contributed by atoms with Crippen molar-refractivity contribution in [1.29, 1.82) is 0 Å². The maximum Gasteiger partial charge on any atom is 0.253 e. The van der Waals surface area contributed by atoms with E-state index in [4.69, 9.17) is 0 Å². The van der Waals surface area contributed by atoms with Gasteiger partial charge in [-0.3, -0.25) is 24.2 Å². The van der Waals surface area contributed by atoms with Crippen LogP contribution in [0.3, 0.4) is 0 Å². The van der Waals surface area contributed by atoms with Crippen molar-refractivity contribution in [3.8, 4) is 11.1 Å². The smallest absolute Gasteiger partial charge is 0.253 e. The van der Waals surface area contributed by atoms with Crippen LogP contribution in [-0.2, 0) is 20.8 Å². The summed E-state index contributed by atoms with van der Waals surface area (Å²) in [5.41, 5.74) is 5.34. The summed E-state index contributed by atoms with van der Waals surface area (Å²) < 4.78 is 0. The number of benzene rings is 2. The summed E-state index contributed by atoms with van der Waals surface area (Å²) in [5, 5.41) is 11.9. The number of hydrogen-bond donors (Lipinski definition) is 4. The van der Waals surface area contributed by atoms with Gasteiger partial charge in [0.2, 0.25) is 17.7 Å². The van der Waals surface area contributed by atoms with Crippen LogP contribution in [0.4, 0.5) is 22.9 Å². The summed E-state index contributed by atoms with van der Waals surface area (Å²) in [4.78, 5) is 61.5. The van der Waals surface area contributed by atoms with E-state index in [0.717, 1.165) is 36.0 Å². The average molecular weight is 705 g/mol. The minimum Gasteiger partial charge on any atom is -0.353 e. The third-order valence-corrected chi connectivity index (χ3v) is 7.90. The molecule has 0 fully saturated rings. The molecule has 2 aromatic heterocycles. The molecule has 4 rings (SSSR count). The van der Waals surface area contributed by atoms with Gasteiger partial charge in [0.15, 0.2) is 0 Å². The molecule has 0 radical (unpaired) electrons. The monoisotopic (exact) mass is 704 g/mol. The molecule has 0 aliphatic heterocycles. The number of pyridine rings is 2. The molecule has 0 aliphatic rings. The molecule has 0 spiro atoms. The summed E-state index contributed by atoms with van der Waals surface area (Å²) in [6, 6.07) is 20.5. The third-order valence-electron chi connectivity index (χ3n) is 7.90. The van der Waals surface area contributed by atoms with Crippen LogP contribution in [0.5, 0.6) is 0 Å². The van der Waals surface area contributed by atoms with E-state index in [1.165, 1.54) is 0 Å². The highest BCUT2D eigenvalue weighted by molar-refractivity contribution is 5.94. The van der Waals surface area contributed by atoms with E-state index >= 15 is 0 Å². The molecule has 0 bridgehead atoms. The van der Waals surface area contributed by atoms with Crippen molar-refractivity contribution in [1.82, 2.24) is 25.1 Å². The third kappa shape index (κ3) is 13.4. The first-order valence-corrected chi connectivity index (χ1v) is 17.3. The molecule has 12 heteroatoms. The average Bonchev–Trinajstić information content (AvgIpc) is 3.12. The van der Waals surface area contributed by atoms with E-state index in [9.17, 15) is 19.2 Å². The highest BCUT2D eigenvalue weighted by Crippen LogP contribution is 2.23. The molecular weight excluding hydrogens is 656 g/mol. The van der Waals surface area contributed by atoms with Gasteiger partial charge in [-0.1, -0.05) is 36.8 Å². The number of aromatic nitrogens is 2. The molecule has 0 saturated heterocycles. The summed E-state index contributed by atoms with van der Waals surface area (Å²) >= 11 is 0. The Bertz CT molecular complexity index is 1820. The van der Waals surface area contributed by atoms with Gasteiger partial charge in [0.1, 0.15) is 5.82 Å². The quantitative estimate of drug-likeness (QED) is 0.0740. The molecular formula is C40H48N8O4. The Hall–Kier alpha value is -5.88. The van der Waals surface area contributed by atoms with Crippen LogP contribution in [0, 0.1) is 0 Å². The zero-order chi connectivity index (χ0) is 37.3. The molecule has 4 aromatic rings. The molecule has 4 amide bonds. The Kier molecular flexibility index (Phi) is 15.0. The molecule has 0 saturated carbocycles. The van der Waals surface area contributed by atoms with E-state index in [1.807, 2.05) is 73.6 Å². The van der Waals surface area contributed by atoms with Crippen molar-refractivity contribution in [2.75, 3.05) is 57.2 Å². The first kappa shape index (κ1) is 38.9. The van der Waals surface area contributed by atoms with Crippen molar-refractivity contribution in [3.63, 3.8) is 0 Å². The molecule has 0 aliphatic carbocycles. The second kappa shape index (κ2) is 20.1. The molecule has 2 aromatic carbocycles. The van der Waals surface area contributed by atoms with Crippen LogP contribution in [-0.4, -0.2) is 84.7 Å². The van der Waals surface area contributed by atoms with Gasteiger partial charge in [-0.05, 0) is 86.9 Å². The lowest BCUT2D eigenvalue weighted by Crippen LogP contribution is -2.22. The predicted molar refractivity (Wildman–Crippen MR) is 206 cm³/mol. The molecule has 52 heavy (non-hydrogen) atoms. The Labute approximate surface area is 305 Å². The normalized spacial score (nSPS) is 10.9. The number of likely N-dealkylation sites (N-methyl/N-ethyl adjacent to an activating group) is 1. The van der Waals surface area contributed by atoms with E-state index in [-0.39, 0.29) is 30.0 Å².